The van der Waals surface area contributed by atoms with Gasteiger partial charge in [-0.15, -0.1) is 0 Å². The van der Waals surface area contributed by atoms with Crippen molar-refractivity contribution in [1.82, 2.24) is 4.98 Å². The number of hydrogen-bond donors (Lipinski definition) is 1. The minimum absolute atomic E-state index is 0.296. The molecule has 0 saturated heterocycles. The Labute approximate surface area is 107 Å². The largest absolute Gasteiger partial charge is 0.488 e. The monoisotopic (exact) mass is 296 g/mol. The second kappa shape index (κ2) is 5.14. The van der Waals surface area contributed by atoms with Crippen LogP contribution >= 0.6 is 15.9 Å². The summed E-state index contributed by atoms with van der Waals surface area (Å²) in [6, 6.07) is 7.87. The van der Waals surface area contributed by atoms with Gasteiger partial charge in [-0.1, -0.05) is 6.07 Å². The van der Waals surface area contributed by atoms with E-state index in [2.05, 4.69) is 20.9 Å². The molecule has 5 heteroatoms. The maximum Gasteiger partial charge on any atom is 0.134 e. The van der Waals surface area contributed by atoms with Crippen LogP contribution in [0.2, 0.25) is 0 Å². The summed E-state index contributed by atoms with van der Waals surface area (Å²) >= 11 is 3.23. The average Bonchev–Trinajstić information content (AvgIpc) is 2.30. The van der Waals surface area contributed by atoms with E-state index in [-0.39, 0.29) is 5.82 Å². The third-order valence-electron chi connectivity index (χ3n) is 2.20. The summed E-state index contributed by atoms with van der Waals surface area (Å²) in [6.45, 7) is 0.296. The maximum atomic E-state index is 12.9. The van der Waals surface area contributed by atoms with Gasteiger partial charge in [0.25, 0.3) is 0 Å². The predicted molar refractivity (Wildman–Crippen MR) is 67.1 cm³/mol. The standard InChI is InChI=1S/C12H10BrFN2O/c13-10-6-9(14)3-4-11(10)17-7-8-2-1-5-16-12(8)15/h1-6H,7H2,(H2,15,16). The summed E-state index contributed by atoms with van der Waals surface area (Å²) in [7, 11) is 0. The van der Waals surface area contributed by atoms with Crippen LogP contribution in [0.5, 0.6) is 5.75 Å². The molecule has 1 aromatic heterocycles. The zero-order chi connectivity index (χ0) is 12.3. The lowest BCUT2D eigenvalue weighted by atomic mass is 10.3. The first-order valence-electron chi connectivity index (χ1n) is 4.94. The molecule has 0 aliphatic rings. The van der Waals surface area contributed by atoms with Crippen molar-refractivity contribution in [3.63, 3.8) is 0 Å². The molecule has 3 nitrogen and oxygen atoms in total. The number of ether oxygens (including phenoxy) is 1. The van der Waals surface area contributed by atoms with Gasteiger partial charge in [-0.25, -0.2) is 9.37 Å². The Morgan fingerprint density at radius 3 is 2.88 bits per heavy atom. The highest BCUT2D eigenvalue weighted by atomic mass is 79.9. The first-order chi connectivity index (χ1) is 8.16. The van der Waals surface area contributed by atoms with Crippen molar-refractivity contribution in [2.24, 2.45) is 0 Å². The van der Waals surface area contributed by atoms with Gasteiger partial charge in [0, 0.05) is 11.8 Å². The fraction of sp³-hybridized carbons (Fsp3) is 0.0833. The number of anilines is 1. The van der Waals surface area contributed by atoms with Crippen molar-refractivity contribution in [2.75, 3.05) is 5.73 Å². The molecule has 2 N–H and O–H groups in total. The SMILES string of the molecule is Nc1ncccc1COc1ccc(F)cc1Br. The van der Waals surface area contributed by atoms with Crippen LogP contribution in [-0.4, -0.2) is 4.98 Å². The normalized spacial score (nSPS) is 10.2. The van der Waals surface area contributed by atoms with Crippen molar-refractivity contribution in [1.29, 1.82) is 0 Å². The van der Waals surface area contributed by atoms with Crippen LogP contribution in [0.15, 0.2) is 41.0 Å². The number of nitrogens with zero attached hydrogens (tertiary/aromatic N) is 1. The lowest BCUT2D eigenvalue weighted by Crippen LogP contribution is -2.02. The van der Waals surface area contributed by atoms with Gasteiger partial charge in [-0.05, 0) is 40.2 Å². The molecule has 1 heterocycles. The molecule has 0 atom stereocenters. The number of nitrogens with two attached hydrogens (primary N) is 1. The van der Waals surface area contributed by atoms with Gasteiger partial charge in [-0.2, -0.15) is 0 Å². The van der Waals surface area contributed by atoms with Gasteiger partial charge in [0.2, 0.25) is 0 Å². The molecule has 0 aliphatic carbocycles. The lowest BCUT2D eigenvalue weighted by Gasteiger charge is -2.09. The highest BCUT2D eigenvalue weighted by molar-refractivity contribution is 9.10. The summed E-state index contributed by atoms with van der Waals surface area (Å²) in [4.78, 5) is 3.95. The zero-order valence-electron chi connectivity index (χ0n) is 8.86. The number of rotatable bonds is 3. The van der Waals surface area contributed by atoms with Crippen LogP contribution in [0, 0.1) is 5.82 Å². The molecule has 0 saturated carbocycles. The molecule has 0 bridgehead atoms. The molecule has 1 aromatic carbocycles. The van der Waals surface area contributed by atoms with E-state index in [1.165, 1.54) is 12.1 Å². The molecule has 88 valence electrons. The van der Waals surface area contributed by atoms with Crippen molar-refractivity contribution in [2.45, 2.75) is 6.61 Å². The zero-order valence-corrected chi connectivity index (χ0v) is 10.4. The Hall–Kier alpha value is -1.62. The Morgan fingerprint density at radius 1 is 1.35 bits per heavy atom. The van der Waals surface area contributed by atoms with Crippen molar-refractivity contribution in [3.05, 3.63) is 52.4 Å². The fourth-order valence-electron chi connectivity index (χ4n) is 1.32. The number of benzene rings is 1. The first kappa shape index (κ1) is 11.9. The van der Waals surface area contributed by atoms with E-state index in [1.54, 1.807) is 18.3 Å². The fourth-order valence-corrected chi connectivity index (χ4v) is 1.79. The Kier molecular flexibility index (Phi) is 3.58. The Morgan fingerprint density at radius 2 is 2.18 bits per heavy atom. The second-order valence-electron chi connectivity index (χ2n) is 3.41. The van der Waals surface area contributed by atoms with Gasteiger partial charge in [0.15, 0.2) is 0 Å². The number of pyridine rings is 1. The topological polar surface area (TPSA) is 48.1 Å². The van der Waals surface area contributed by atoms with Crippen LogP contribution in [0.4, 0.5) is 10.2 Å². The molecular formula is C12H10BrFN2O. The van der Waals surface area contributed by atoms with E-state index in [1.807, 2.05) is 6.07 Å². The third-order valence-corrected chi connectivity index (χ3v) is 2.82. The van der Waals surface area contributed by atoms with Crippen LogP contribution in [0.1, 0.15) is 5.56 Å². The van der Waals surface area contributed by atoms with Gasteiger partial charge in [0.05, 0.1) is 4.47 Å². The van der Waals surface area contributed by atoms with E-state index in [4.69, 9.17) is 10.5 Å². The Balaban J connectivity index is 2.10. The highest BCUT2D eigenvalue weighted by Gasteiger charge is 2.04. The second-order valence-corrected chi connectivity index (χ2v) is 4.27. The summed E-state index contributed by atoms with van der Waals surface area (Å²) in [5.74, 6) is 0.686. The number of nitrogen functional groups attached to an aromatic ring is 1. The molecule has 0 aliphatic heterocycles. The van der Waals surface area contributed by atoms with Crippen molar-refractivity contribution < 1.29 is 9.13 Å². The quantitative estimate of drug-likeness (QED) is 0.946. The van der Waals surface area contributed by atoms with E-state index in [9.17, 15) is 4.39 Å². The van der Waals surface area contributed by atoms with Crippen LogP contribution in [-0.2, 0) is 6.61 Å². The van der Waals surface area contributed by atoms with Crippen LogP contribution in [0.25, 0.3) is 0 Å². The molecule has 0 spiro atoms. The van der Waals surface area contributed by atoms with Crippen molar-refractivity contribution in [3.8, 4) is 5.75 Å². The molecule has 2 aromatic rings. The lowest BCUT2D eigenvalue weighted by molar-refractivity contribution is 0.304. The van der Waals surface area contributed by atoms with Gasteiger partial charge in [0.1, 0.15) is 24.0 Å². The summed E-state index contributed by atoms with van der Waals surface area (Å²) in [6.07, 6.45) is 1.62. The van der Waals surface area contributed by atoms with Crippen LogP contribution < -0.4 is 10.5 Å². The smallest absolute Gasteiger partial charge is 0.134 e. The molecule has 0 unspecified atom stereocenters. The Bertz CT molecular complexity index is 534. The maximum absolute atomic E-state index is 12.9. The molecule has 17 heavy (non-hydrogen) atoms. The number of hydrogen-bond acceptors (Lipinski definition) is 3. The van der Waals surface area contributed by atoms with E-state index >= 15 is 0 Å². The first-order valence-corrected chi connectivity index (χ1v) is 5.73. The highest BCUT2D eigenvalue weighted by Crippen LogP contribution is 2.26. The number of halogens is 2. The third kappa shape index (κ3) is 2.94. The molecular weight excluding hydrogens is 287 g/mol. The van der Waals surface area contributed by atoms with Gasteiger partial charge < -0.3 is 10.5 Å². The van der Waals surface area contributed by atoms with E-state index < -0.39 is 0 Å². The van der Waals surface area contributed by atoms with Crippen molar-refractivity contribution >= 4 is 21.7 Å². The van der Waals surface area contributed by atoms with E-state index in [0.29, 0.717) is 22.6 Å². The summed E-state index contributed by atoms with van der Waals surface area (Å²) in [5, 5.41) is 0. The molecule has 0 fully saturated rings. The van der Waals surface area contributed by atoms with Gasteiger partial charge >= 0.3 is 0 Å². The molecule has 2 rings (SSSR count). The summed E-state index contributed by atoms with van der Waals surface area (Å²) in [5.41, 5.74) is 6.48. The van der Waals surface area contributed by atoms with Gasteiger partial charge in [-0.3, -0.25) is 0 Å². The molecule has 0 radical (unpaired) electrons. The summed E-state index contributed by atoms with van der Waals surface area (Å²) < 4.78 is 19.0. The van der Waals surface area contributed by atoms with Crippen LogP contribution in [0.3, 0.4) is 0 Å². The predicted octanol–water partition coefficient (Wildman–Crippen LogP) is 3.14. The molecule has 0 amide bonds. The van der Waals surface area contributed by atoms with E-state index in [0.717, 1.165) is 5.56 Å². The number of aromatic nitrogens is 1. The average molecular weight is 297 g/mol. The minimum atomic E-state index is -0.315. The minimum Gasteiger partial charge on any atom is -0.488 e.